The fraction of sp³-hybridized carbons (Fsp3) is 0.905. The Hall–Kier alpha value is -1.30. The zero-order chi connectivity index (χ0) is 18.9. The second-order valence-corrected chi connectivity index (χ2v) is 9.41. The van der Waals surface area contributed by atoms with E-state index in [1.54, 1.807) is 0 Å². The van der Waals surface area contributed by atoms with Crippen molar-refractivity contribution in [3.63, 3.8) is 0 Å². The fourth-order valence-electron chi connectivity index (χ4n) is 5.86. The van der Waals surface area contributed by atoms with Crippen LogP contribution in [-0.2, 0) is 4.79 Å². The predicted molar refractivity (Wildman–Crippen MR) is 104 cm³/mol. The van der Waals surface area contributed by atoms with Gasteiger partial charge in [-0.1, -0.05) is 0 Å². The first-order chi connectivity index (χ1) is 13.0. The molecule has 0 aromatic rings. The lowest BCUT2D eigenvalue weighted by Gasteiger charge is -2.49. The van der Waals surface area contributed by atoms with Gasteiger partial charge in [0.1, 0.15) is 0 Å². The molecule has 1 aliphatic carbocycles. The number of hydrogen-bond acceptors (Lipinski definition) is 3. The highest BCUT2D eigenvalue weighted by Crippen LogP contribution is 2.43. The van der Waals surface area contributed by atoms with Crippen LogP contribution in [0.15, 0.2) is 0 Å². The molecule has 4 saturated heterocycles. The van der Waals surface area contributed by atoms with Crippen molar-refractivity contribution in [3.8, 4) is 0 Å². The summed E-state index contributed by atoms with van der Waals surface area (Å²) in [6, 6.07) is 0.633. The van der Waals surface area contributed by atoms with E-state index in [-0.39, 0.29) is 12.5 Å². The van der Waals surface area contributed by atoms with Gasteiger partial charge in [-0.25, -0.2) is 4.79 Å². The zero-order valence-electron chi connectivity index (χ0n) is 16.6. The molecule has 0 unspecified atom stereocenters. The quantitative estimate of drug-likeness (QED) is 0.741. The monoisotopic (exact) mass is 377 g/mol. The van der Waals surface area contributed by atoms with Crippen LogP contribution in [0.3, 0.4) is 0 Å². The summed E-state index contributed by atoms with van der Waals surface area (Å²) in [6.45, 7) is 6.47. The normalized spacial score (nSPS) is 36.4. The second-order valence-electron chi connectivity index (χ2n) is 9.41. The molecule has 0 radical (unpaired) electrons. The summed E-state index contributed by atoms with van der Waals surface area (Å²) >= 11 is 0. The number of nitrogens with zero attached hydrogens (tertiary/aromatic N) is 3. The molecule has 1 N–H and O–H groups in total. The molecular weight excluding hydrogens is 342 g/mol. The summed E-state index contributed by atoms with van der Waals surface area (Å²) in [5, 5.41) is 8.86. The molecule has 2 bridgehead atoms. The molecule has 1 saturated carbocycles. The lowest BCUT2D eigenvalue weighted by atomic mass is 9.70. The summed E-state index contributed by atoms with van der Waals surface area (Å²) < 4.78 is 0. The molecule has 2 amide bonds. The maximum atomic E-state index is 12.9. The molecule has 27 heavy (non-hydrogen) atoms. The van der Waals surface area contributed by atoms with Gasteiger partial charge in [-0.3, -0.25) is 4.79 Å². The van der Waals surface area contributed by atoms with Crippen LogP contribution in [0, 0.1) is 11.3 Å². The molecule has 6 nitrogen and oxygen atoms in total. The van der Waals surface area contributed by atoms with Crippen LogP contribution in [0.5, 0.6) is 0 Å². The summed E-state index contributed by atoms with van der Waals surface area (Å²) in [7, 11) is 0. The molecule has 152 valence electrons. The molecule has 5 fully saturated rings. The molecule has 0 aromatic carbocycles. The van der Waals surface area contributed by atoms with E-state index in [4.69, 9.17) is 5.11 Å². The number of carbonyl (C=O) groups is 2. The highest BCUT2D eigenvalue weighted by atomic mass is 16.4. The zero-order valence-corrected chi connectivity index (χ0v) is 16.6. The Kier molecular flexibility index (Phi) is 5.62. The average Bonchev–Trinajstić information content (AvgIpc) is 3.07. The van der Waals surface area contributed by atoms with Crippen molar-refractivity contribution >= 4 is 12.0 Å². The van der Waals surface area contributed by atoms with Crippen molar-refractivity contribution in [1.29, 1.82) is 0 Å². The number of aliphatic carboxylic acids is 1. The van der Waals surface area contributed by atoms with Crippen LogP contribution in [0.25, 0.3) is 0 Å². The predicted octanol–water partition coefficient (Wildman–Crippen LogP) is 3.02. The summed E-state index contributed by atoms with van der Waals surface area (Å²) in [5.41, 5.74) is 0.505. The summed E-state index contributed by atoms with van der Waals surface area (Å²) in [6.07, 6.45) is 10.4. The molecular formula is C21H35N3O3. The van der Waals surface area contributed by atoms with Crippen LogP contribution in [0.4, 0.5) is 4.79 Å². The maximum Gasteiger partial charge on any atom is 0.320 e. The van der Waals surface area contributed by atoms with E-state index in [0.717, 1.165) is 51.7 Å². The molecule has 0 aromatic heterocycles. The van der Waals surface area contributed by atoms with Crippen molar-refractivity contribution in [2.45, 2.75) is 70.3 Å². The van der Waals surface area contributed by atoms with Crippen molar-refractivity contribution in [2.24, 2.45) is 11.3 Å². The van der Waals surface area contributed by atoms with E-state index in [0.29, 0.717) is 17.4 Å². The maximum absolute atomic E-state index is 12.9. The molecule has 0 spiro atoms. The van der Waals surface area contributed by atoms with Gasteiger partial charge in [0.15, 0.2) is 0 Å². The number of rotatable bonds is 7. The van der Waals surface area contributed by atoms with Gasteiger partial charge in [0.05, 0.1) is 0 Å². The molecule has 0 atom stereocenters. The van der Waals surface area contributed by atoms with Crippen molar-refractivity contribution in [3.05, 3.63) is 0 Å². The molecule has 4 aliphatic heterocycles. The minimum absolute atomic E-state index is 0.258. The van der Waals surface area contributed by atoms with Gasteiger partial charge in [-0.15, -0.1) is 0 Å². The van der Waals surface area contributed by atoms with Crippen LogP contribution in [0.1, 0.15) is 64.2 Å². The van der Waals surface area contributed by atoms with E-state index in [2.05, 4.69) is 14.7 Å². The van der Waals surface area contributed by atoms with Crippen LogP contribution in [0.2, 0.25) is 0 Å². The fourth-order valence-corrected chi connectivity index (χ4v) is 5.86. The topological polar surface area (TPSA) is 64.1 Å². The summed E-state index contributed by atoms with van der Waals surface area (Å²) in [5.74, 6) is -0.159. The number of carbonyl (C=O) groups excluding carboxylic acids is 1. The lowest BCUT2D eigenvalue weighted by molar-refractivity contribution is -0.137. The van der Waals surface area contributed by atoms with Gasteiger partial charge in [-0.05, 0) is 88.8 Å². The Morgan fingerprint density at radius 3 is 2.30 bits per heavy atom. The SMILES string of the molecule is O=C(O)CCC1CCC(N2CCN(CCC34CCN(CC3)CC4)C2=O)CC1. The standard InChI is InChI=1S/C21H35N3O3/c25-19(26)6-3-17-1-4-18(5-2-17)24-16-15-23(20(24)27)14-10-21-7-11-22(12-8-21)13-9-21/h17-18H,1-16H2,(H,25,26). The van der Waals surface area contributed by atoms with Crippen LogP contribution < -0.4 is 0 Å². The minimum Gasteiger partial charge on any atom is -0.481 e. The summed E-state index contributed by atoms with van der Waals surface area (Å²) in [4.78, 5) is 30.5. The molecule has 6 heteroatoms. The Bertz CT molecular complexity index is 537. The first-order valence-corrected chi connectivity index (χ1v) is 11.0. The number of carboxylic acid groups (broad SMARTS) is 1. The van der Waals surface area contributed by atoms with E-state index in [9.17, 15) is 9.59 Å². The number of piperidine rings is 3. The van der Waals surface area contributed by atoms with Gasteiger partial charge in [0.2, 0.25) is 0 Å². The smallest absolute Gasteiger partial charge is 0.320 e. The highest BCUT2D eigenvalue weighted by Gasteiger charge is 2.41. The Morgan fingerprint density at radius 2 is 1.67 bits per heavy atom. The van der Waals surface area contributed by atoms with E-state index < -0.39 is 5.97 Å². The average molecular weight is 378 g/mol. The van der Waals surface area contributed by atoms with E-state index >= 15 is 0 Å². The van der Waals surface area contributed by atoms with Gasteiger partial charge in [0, 0.05) is 32.1 Å². The Balaban J connectivity index is 1.22. The van der Waals surface area contributed by atoms with Gasteiger partial charge in [0.25, 0.3) is 0 Å². The molecule has 5 aliphatic rings. The number of carboxylic acids is 1. The van der Waals surface area contributed by atoms with Crippen molar-refractivity contribution in [1.82, 2.24) is 14.7 Å². The number of urea groups is 1. The number of amides is 2. The second kappa shape index (κ2) is 7.98. The first-order valence-electron chi connectivity index (χ1n) is 11.0. The van der Waals surface area contributed by atoms with E-state index in [1.807, 2.05) is 0 Å². The van der Waals surface area contributed by atoms with Crippen LogP contribution >= 0.6 is 0 Å². The van der Waals surface area contributed by atoms with Gasteiger partial charge >= 0.3 is 12.0 Å². The van der Waals surface area contributed by atoms with Crippen LogP contribution in [-0.4, -0.2) is 77.1 Å². The largest absolute Gasteiger partial charge is 0.481 e. The van der Waals surface area contributed by atoms with Crippen molar-refractivity contribution < 1.29 is 14.7 Å². The van der Waals surface area contributed by atoms with E-state index in [1.165, 1.54) is 45.3 Å². The third kappa shape index (κ3) is 4.25. The molecule has 5 rings (SSSR count). The number of hydrogen-bond donors (Lipinski definition) is 1. The van der Waals surface area contributed by atoms with Crippen molar-refractivity contribution in [2.75, 3.05) is 39.3 Å². The molecule has 4 heterocycles. The Labute approximate surface area is 162 Å². The highest BCUT2D eigenvalue weighted by molar-refractivity contribution is 5.76. The number of fused-ring (bicyclic) bond motifs is 3. The third-order valence-electron chi connectivity index (χ3n) is 7.94. The lowest BCUT2D eigenvalue weighted by Crippen LogP contribution is -2.49. The minimum atomic E-state index is -0.689. The Morgan fingerprint density at radius 1 is 1.00 bits per heavy atom. The third-order valence-corrected chi connectivity index (χ3v) is 7.94. The van der Waals surface area contributed by atoms with Gasteiger partial charge in [-0.2, -0.15) is 0 Å². The first kappa shape index (κ1) is 19.0. The van der Waals surface area contributed by atoms with Gasteiger partial charge < -0.3 is 19.8 Å².